The second-order valence-electron chi connectivity index (χ2n) is 21.6. The van der Waals surface area contributed by atoms with Gasteiger partial charge in [-0.3, -0.25) is 9.13 Å². The lowest BCUT2D eigenvalue weighted by Crippen LogP contribution is -2.36. The highest BCUT2D eigenvalue weighted by Crippen LogP contribution is 2.60. The zero-order valence-corrected chi connectivity index (χ0v) is 44.0. The van der Waals surface area contributed by atoms with E-state index in [-0.39, 0.29) is 5.92 Å². The highest BCUT2D eigenvalue weighted by Gasteiger charge is 2.50. The van der Waals surface area contributed by atoms with Crippen LogP contribution in [-0.2, 0) is 5.41 Å². The number of para-hydroxylation sites is 8. The van der Waals surface area contributed by atoms with Gasteiger partial charge in [0.2, 0.25) is 0 Å². The van der Waals surface area contributed by atoms with Gasteiger partial charge in [0, 0.05) is 39.0 Å². The van der Waals surface area contributed by atoms with Gasteiger partial charge in [-0.2, -0.15) is 0 Å². The topological polar surface area (TPSA) is 40.6 Å². The molecule has 0 amide bonds. The van der Waals surface area contributed by atoms with Crippen LogP contribution in [0.5, 0.6) is 0 Å². The molecule has 0 fully saturated rings. The number of hydrogen-bond acceptors (Lipinski definition) is 2. The first-order valence-corrected chi connectivity index (χ1v) is 28.0. The first-order chi connectivity index (χ1) is 39.7. The zero-order chi connectivity index (χ0) is 52.7. The van der Waals surface area contributed by atoms with E-state index in [0.29, 0.717) is 0 Å². The summed E-state index contributed by atoms with van der Waals surface area (Å²) in [4.78, 5) is 10.6. The Morgan fingerprint density at radius 3 is 1.35 bits per heavy atom. The van der Waals surface area contributed by atoms with Gasteiger partial charge in [0.25, 0.3) is 0 Å². The molecule has 3 heterocycles. The number of nitrogens with zero attached hydrogens (tertiary/aromatic N) is 5. The maximum Gasteiger partial charge on any atom is 0.145 e. The van der Waals surface area contributed by atoms with Gasteiger partial charge in [0.1, 0.15) is 11.6 Å². The first-order valence-electron chi connectivity index (χ1n) is 28.0. The smallest absolute Gasteiger partial charge is 0.145 e. The Morgan fingerprint density at radius 1 is 0.350 bits per heavy atom. The zero-order valence-electron chi connectivity index (χ0n) is 44.0. The lowest BCUT2D eigenvalue weighted by Gasteiger charge is -2.41. The van der Waals surface area contributed by atoms with Crippen molar-refractivity contribution in [1.82, 2.24) is 23.7 Å². The minimum absolute atomic E-state index is 0.177. The molecule has 2 aliphatic carbocycles. The van der Waals surface area contributed by atoms with Gasteiger partial charge in [-0.15, -0.1) is 0 Å². The van der Waals surface area contributed by atoms with Gasteiger partial charge in [-0.25, -0.2) is 9.97 Å². The lowest BCUT2D eigenvalue weighted by molar-refractivity contribution is 0.405. The Bertz CT molecular complexity index is 4540. The molecule has 14 aromatic rings. The average molecular weight is 1020 g/mol. The molecule has 0 saturated heterocycles. The van der Waals surface area contributed by atoms with Crippen LogP contribution in [-0.4, -0.2) is 23.7 Å². The van der Waals surface area contributed by atoms with Gasteiger partial charge >= 0.3 is 0 Å². The van der Waals surface area contributed by atoms with Gasteiger partial charge in [-0.1, -0.05) is 176 Å². The van der Waals surface area contributed by atoms with Crippen molar-refractivity contribution in [1.29, 1.82) is 0 Å². The fraction of sp³-hybridized carbons (Fsp3) is 0.0667. The summed E-state index contributed by atoms with van der Waals surface area (Å²) in [7, 11) is 0. The van der Waals surface area contributed by atoms with Gasteiger partial charge in [-0.05, 0) is 178 Å². The molecule has 16 rings (SSSR count). The Balaban J connectivity index is 0.917. The van der Waals surface area contributed by atoms with E-state index in [1.54, 1.807) is 0 Å². The molecule has 0 bridgehead atoms. The van der Waals surface area contributed by atoms with E-state index in [9.17, 15) is 0 Å². The van der Waals surface area contributed by atoms with Crippen molar-refractivity contribution >= 4 is 43.9 Å². The molecule has 1 atom stereocenters. The summed E-state index contributed by atoms with van der Waals surface area (Å²) >= 11 is 0. The molecule has 3 aromatic heterocycles. The van der Waals surface area contributed by atoms with Crippen molar-refractivity contribution in [3.8, 4) is 73.2 Å². The standard InChI is InChI=1S/C75H53N5/c1-5-25-56(26-6-1)75(57-41-44-70-64(49-57)63-33-13-16-36-69(63)78(70)58-27-7-2-8-28-58)65-47-52(50-21-19-23-54(45-50)73-76-67-34-14-17-37-71(67)79(73)59-29-9-3-10-30-59)39-42-61(65)62-43-40-53(48-66(62)75)51-22-20-24-55(46-51)74-77-68-35-15-18-38-72(68)80(74)60-31-11-4-12-32-60/h2-5,7-25,27-49,56H,1,6,26H2. The van der Waals surface area contributed by atoms with E-state index in [0.717, 1.165) is 92.3 Å². The van der Waals surface area contributed by atoms with Crippen LogP contribution < -0.4 is 0 Å². The summed E-state index contributed by atoms with van der Waals surface area (Å²) in [6.07, 6.45) is 8.27. The first kappa shape index (κ1) is 46.0. The molecule has 378 valence electrons. The van der Waals surface area contributed by atoms with Crippen molar-refractivity contribution < 1.29 is 0 Å². The normalized spacial score (nSPS) is 14.5. The minimum Gasteiger partial charge on any atom is -0.309 e. The molecular weight excluding hydrogens is 971 g/mol. The Labute approximate surface area is 464 Å². The average Bonchev–Trinajstić information content (AvgIpc) is 3.89. The number of hydrogen-bond donors (Lipinski definition) is 0. The van der Waals surface area contributed by atoms with Crippen LogP contribution in [0.1, 0.15) is 36.0 Å². The highest BCUT2D eigenvalue weighted by molar-refractivity contribution is 6.10. The van der Waals surface area contributed by atoms with Crippen LogP contribution >= 0.6 is 0 Å². The monoisotopic (exact) mass is 1020 g/mol. The predicted molar refractivity (Wildman–Crippen MR) is 330 cm³/mol. The SMILES string of the molecule is C1=CC(C2(c3ccc4c(c3)c3ccccc3n4-c3ccccc3)c3cc(-c4cccc(-c5nc6ccccc6n5-c5ccccc5)c4)ccc3-c3ccc(-c4cccc(-c5nc6ccccc6n5-c5ccccc5)c4)cc32)CCC1. The van der Waals surface area contributed by atoms with Crippen LogP contribution in [0.4, 0.5) is 0 Å². The van der Waals surface area contributed by atoms with E-state index in [1.807, 2.05) is 0 Å². The summed E-state index contributed by atoms with van der Waals surface area (Å²) in [5, 5.41) is 2.51. The molecule has 0 saturated carbocycles. The van der Waals surface area contributed by atoms with E-state index in [2.05, 4.69) is 293 Å². The summed E-state index contributed by atoms with van der Waals surface area (Å²) in [5.74, 6) is 2.02. The lowest BCUT2D eigenvalue weighted by atomic mass is 9.61. The molecule has 0 N–H and O–H groups in total. The molecule has 0 aliphatic heterocycles. The predicted octanol–water partition coefficient (Wildman–Crippen LogP) is 18.8. The largest absolute Gasteiger partial charge is 0.309 e. The maximum absolute atomic E-state index is 5.30. The van der Waals surface area contributed by atoms with E-state index in [4.69, 9.17) is 9.97 Å². The minimum atomic E-state index is -0.546. The van der Waals surface area contributed by atoms with Gasteiger partial charge < -0.3 is 4.57 Å². The van der Waals surface area contributed by atoms with E-state index >= 15 is 0 Å². The number of allylic oxidation sites excluding steroid dienone is 2. The van der Waals surface area contributed by atoms with Gasteiger partial charge in [0.05, 0.1) is 38.5 Å². The van der Waals surface area contributed by atoms with E-state index < -0.39 is 5.41 Å². The molecule has 80 heavy (non-hydrogen) atoms. The number of imidazole rings is 2. The molecular formula is C75H53N5. The van der Waals surface area contributed by atoms with Crippen LogP contribution in [0.2, 0.25) is 0 Å². The maximum atomic E-state index is 5.30. The Morgan fingerprint density at radius 2 is 0.812 bits per heavy atom. The van der Waals surface area contributed by atoms with E-state index in [1.165, 1.54) is 60.8 Å². The third-order valence-electron chi connectivity index (χ3n) is 17.2. The fourth-order valence-corrected chi connectivity index (χ4v) is 13.7. The number of aromatic nitrogens is 5. The number of fused-ring (bicyclic) bond motifs is 8. The summed E-state index contributed by atoms with van der Waals surface area (Å²) in [6.45, 7) is 0. The number of rotatable bonds is 9. The molecule has 5 nitrogen and oxygen atoms in total. The molecule has 0 spiro atoms. The fourth-order valence-electron chi connectivity index (χ4n) is 13.7. The molecule has 1 unspecified atom stereocenters. The number of benzene rings is 11. The highest BCUT2D eigenvalue weighted by atomic mass is 15.1. The molecule has 0 radical (unpaired) electrons. The second-order valence-corrected chi connectivity index (χ2v) is 21.6. The second kappa shape index (κ2) is 18.5. The molecule has 11 aromatic carbocycles. The van der Waals surface area contributed by atoms with Crippen molar-refractivity contribution in [3.05, 3.63) is 296 Å². The summed E-state index contributed by atoms with van der Waals surface area (Å²) in [6, 6.07) is 98.0. The molecule has 5 heteroatoms. The van der Waals surface area contributed by atoms with Crippen molar-refractivity contribution in [2.45, 2.75) is 24.7 Å². The van der Waals surface area contributed by atoms with Crippen molar-refractivity contribution in [3.63, 3.8) is 0 Å². The Hall–Kier alpha value is -10.1. The van der Waals surface area contributed by atoms with Gasteiger partial charge in [0.15, 0.2) is 0 Å². The quantitative estimate of drug-likeness (QED) is 0.135. The van der Waals surface area contributed by atoms with Crippen LogP contribution in [0.15, 0.2) is 279 Å². The Kier molecular flexibility index (Phi) is 10.7. The third-order valence-corrected chi connectivity index (χ3v) is 17.2. The molecule has 2 aliphatic rings. The third kappa shape index (κ3) is 7.17. The summed E-state index contributed by atoms with van der Waals surface area (Å²) in [5.41, 5.74) is 22.7. The van der Waals surface area contributed by atoms with Crippen molar-refractivity contribution in [2.24, 2.45) is 5.92 Å². The van der Waals surface area contributed by atoms with Crippen LogP contribution in [0.25, 0.3) is 117 Å². The summed E-state index contributed by atoms with van der Waals surface area (Å²) < 4.78 is 7.03. The van der Waals surface area contributed by atoms with Crippen molar-refractivity contribution in [2.75, 3.05) is 0 Å². The van der Waals surface area contributed by atoms with Crippen LogP contribution in [0.3, 0.4) is 0 Å². The van der Waals surface area contributed by atoms with Crippen LogP contribution in [0, 0.1) is 5.92 Å².